The van der Waals surface area contributed by atoms with Gasteiger partial charge in [-0.05, 0) is 57.0 Å². The number of nitrogens with zero attached hydrogens (tertiary/aromatic N) is 5. The smallest absolute Gasteiger partial charge is 0.276 e. The van der Waals surface area contributed by atoms with Crippen molar-refractivity contribution in [2.24, 2.45) is 11.1 Å². The van der Waals surface area contributed by atoms with E-state index in [-0.39, 0.29) is 28.6 Å². The zero-order valence-electron chi connectivity index (χ0n) is 21.3. The zero-order valence-corrected chi connectivity index (χ0v) is 21.3. The number of benzene rings is 2. The topological polar surface area (TPSA) is 111 Å². The number of carbonyl (C=O) groups excluding carboxylic acids is 1. The molecule has 3 heterocycles. The third-order valence-corrected chi connectivity index (χ3v) is 7.64. The summed E-state index contributed by atoms with van der Waals surface area (Å²) in [5.74, 6) is -3.43. The van der Waals surface area contributed by atoms with Crippen LogP contribution in [0.4, 0.5) is 24.5 Å². The number of hydrogen-bond donors (Lipinski definition) is 2. The number of hydrogen-bond acceptors (Lipinski definition) is 6. The van der Waals surface area contributed by atoms with Crippen LogP contribution in [0.15, 0.2) is 47.3 Å². The van der Waals surface area contributed by atoms with Crippen LogP contribution in [0.5, 0.6) is 0 Å². The number of para-hydroxylation sites is 1. The van der Waals surface area contributed by atoms with E-state index in [4.69, 9.17) is 5.73 Å². The van der Waals surface area contributed by atoms with E-state index in [1.165, 1.54) is 0 Å². The second-order valence-electron chi connectivity index (χ2n) is 10.5. The number of nitrogens with one attached hydrogen (secondary N) is 1. The summed E-state index contributed by atoms with van der Waals surface area (Å²) in [5, 5.41) is 11.1. The molecule has 0 bridgehead atoms. The Morgan fingerprint density at radius 2 is 1.77 bits per heavy atom. The predicted molar refractivity (Wildman–Crippen MR) is 140 cm³/mol. The molecule has 202 valence electrons. The van der Waals surface area contributed by atoms with Crippen LogP contribution >= 0.6 is 0 Å². The van der Waals surface area contributed by atoms with E-state index in [9.17, 15) is 18.4 Å². The Labute approximate surface area is 221 Å². The lowest BCUT2D eigenvalue weighted by Gasteiger charge is -2.23. The maximum atomic E-state index is 15.4. The first-order chi connectivity index (χ1) is 18.6. The van der Waals surface area contributed by atoms with Gasteiger partial charge in [-0.25, -0.2) is 8.78 Å². The average molecular weight is 538 g/mol. The van der Waals surface area contributed by atoms with Gasteiger partial charge in [0.05, 0.1) is 22.3 Å². The fraction of sp³-hybridized carbons (Fsp3) is 0.333. The highest BCUT2D eigenvalue weighted by Crippen LogP contribution is 2.54. The molecule has 9 nitrogen and oxygen atoms in total. The lowest BCUT2D eigenvalue weighted by molar-refractivity contribution is 0.102. The highest BCUT2D eigenvalue weighted by molar-refractivity contribution is 6.09. The molecule has 1 atom stereocenters. The van der Waals surface area contributed by atoms with Gasteiger partial charge in [0.15, 0.2) is 11.6 Å². The van der Waals surface area contributed by atoms with Crippen molar-refractivity contribution >= 4 is 28.2 Å². The molecular formula is C27H26F3N7O2. The molecule has 2 fully saturated rings. The van der Waals surface area contributed by atoms with Gasteiger partial charge >= 0.3 is 0 Å². The highest BCUT2D eigenvalue weighted by Gasteiger charge is 2.54. The van der Waals surface area contributed by atoms with Crippen LogP contribution < -0.4 is 21.5 Å². The van der Waals surface area contributed by atoms with E-state index < -0.39 is 34.7 Å². The minimum atomic E-state index is -1.01. The van der Waals surface area contributed by atoms with Crippen LogP contribution in [0.25, 0.3) is 16.6 Å². The van der Waals surface area contributed by atoms with Gasteiger partial charge in [0.1, 0.15) is 11.4 Å². The van der Waals surface area contributed by atoms with Crippen LogP contribution in [0.3, 0.4) is 0 Å². The number of carbonyl (C=O) groups is 1. The summed E-state index contributed by atoms with van der Waals surface area (Å²) in [7, 11) is 0. The highest BCUT2D eigenvalue weighted by atomic mass is 19.1. The molecule has 2 aromatic carbocycles. The lowest BCUT2D eigenvalue weighted by atomic mass is 10.0. The predicted octanol–water partition coefficient (Wildman–Crippen LogP) is 3.76. The van der Waals surface area contributed by atoms with E-state index in [1.807, 2.05) is 18.7 Å². The molecule has 2 aliphatic rings. The molecule has 12 heteroatoms. The Hall–Kier alpha value is -4.19. The van der Waals surface area contributed by atoms with E-state index in [1.54, 1.807) is 16.8 Å². The summed E-state index contributed by atoms with van der Waals surface area (Å²) >= 11 is 0. The minimum absolute atomic E-state index is 0.0329. The fourth-order valence-electron chi connectivity index (χ4n) is 5.42. The van der Waals surface area contributed by atoms with Crippen LogP contribution in [-0.4, -0.2) is 44.6 Å². The summed E-state index contributed by atoms with van der Waals surface area (Å²) in [4.78, 5) is 27.7. The van der Waals surface area contributed by atoms with Gasteiger partial charge in [0, 0.05) is 36.7 Å². The first-order valence-electron chi connectivity index (χ1n) is 12.7. The number of rotatable bonds is 5. The third-order valence-electron chi connectivity index (χ3n) is 7.64. The Kier molecular flexibility index (Phi) is 5.75. The lowest BCUT2D eigenvalue weighted by Crippen LogP contribution is -2.30. The molecule has 0 radical (unpaired) electrons. The maximum Gasteiger partial charge on any atom is 0.276 e. The Balaban J connectivity index is 1.43. The van der Waals surface area contributed by atoms with Crippen LogP contribution in [0.2, 0.25) is 0 Å². The number of anilines is 2. The molecule has 1 saturated carbocycles. The van der Waals surface area contributed by atoms with E-state index >= 15 is 4.39 Å². The Bertz CT molecular complexity index is 1670. The summed E-state index contributed by atoms with van der Waals surface area (Å²) in [6.07, 6.45) is 1.96. The van der Waals surface area contributed by atoms with Gasteiger partial charge in [-0.3, -0.25) is 14.3 Å². The van der Waals surface area contributed by atoms with Gasteiger partial charge in [-0.2, -0.15) is 14.2 Å². The molecule has 1 aliphatic carbocycles. The third kappa shape index (κ3) is 4.06. The van der Waals surface area contributed by atoms with E-state index in [0.717, 1.165) is 43.2 Å². The molecule has 1 amide bonds. The van der Waals surface area contributed by atoms with Crippen molar-refractivity contribution in [2.75, 3.05) is 23.3 Å². The van der Waals surface area contributed by atoms with E-state index in [0.29, 0.717) is 34.7 Å². The standard InChI is InChI=1S/C27H26F3N7O2/c1-14(2)36-19-8-6-17(24(22(19)25(30)34-36)35-12-20(31)27(13-35)10-11-27)32-26(39)18-7-9-21(38)37(33-18)23-15(28)4-3-5-16(23)29/h3-9,14,20H,10-13,31H2,1-2H3,(H,32,39)/t20-/m0/s1. The molecule has 2 aromatic heterocycles. The molecule has 6 rings (SSSR count). The van der Waals surface area contributed by atoms with Gasteiger partial charge in [-0.1, -0.05) is 6.07 Å². The molecule has 3 N–H and O–H groups in total. The number of amides is 1. The minimum Gasteiger partial charge on any atom is -0.367 e. The fourth-order valence-corrected chi connectivity index (χ4v) is 5.42. The molecule has 39 heavy (non-hydrogen) atoms. The van der Waals surface area contributed by atoms with Gasteiger partial charge in [0.25, 0.3) is 11.5 Å². The zero-order chi connectivity index (χ0) is 27.6. The van der Waals surface area contributed by atoms with Gasteiger partial charge < -0.3 is 16.0 Å². The monoisotopic (exact) mass is 537 g/mol. The molecule has 1 saturated heterocycles. The molecular weight excluding hydrogens is 511 g/mol. The van der Waals surface area contributed by atoms with Crippen molar-refractivity contribution in [3.8, 4) is 5.69 Å². The van der Waals surface area contributed by atoms with Crippen molar-refractivity contribution in [3.05, 3.63) is 76.1 Å². The second kappa shape index (κ2) is 8.94. The van der Waals surface area contributed by atoms with Crippen molar-refractivity contribution in [2.45, 2.75) is 38.8 Å². The maximum absolute atomic E-state index is 15.4. The summed E-state index contributed by atoms with van der Waals surface area (Å²) < 4.78 is 46.2. The van der Waals surface area contributed by atoms with Crippen molar-refractivity contribution < 1.29 is 18.0 Å². The van der Waals surface area contributed by atoms with Crippen molar-refractivity contribution in [1.82, 2.24) is 19.6 Å². The quantitative estimate of drug-likeness (QED) is 0.401. The number of fused-ring (bicyclic) bond motifs is 1. The summed E-state index contributed by atoms with van der Waals surface area (Å²) in [5.41, 5.74) is 5.97. The van der Waals surface area contributed by atoms with Crippen molar-refractivity contribution in [3.63, 3.8) is 0 Å². The molecule has 4 aromatic rings. The van der Waals surface area contributed by atoms with E-state index in [2.05, 4.69) is 15.5 Å². The molecule has 0 unspecified atom stereocenters. The normalized spacial score (nSPS) is 17.9. The number of aromatic nitrogens is 4. The van der Waals surface area contributed by atoms with Crippen LogP contribution in [0, 0.1) is 23.0 Å². The van der Waals surface area contributed by atoms with Crippen LogP contribution in [0.1, 0.15) is 43.2 Å². The summed E-state index contributed by atoms with van der Waals surface area (Å²) in [6, 6.07) is 8.42. The number of halogens is 3. The average Bonchev–Trinajstić information content (AvgIpc) is 3.50. The van der Waals surface area contributed by atoms with Crippen LogP contribution in [-0.2, 0) is 0 Å². The number of nitrogens with two attached hydrogens (primary N) is 1. The first kappa shape index (κ1) is 25.1. The van der Waals surface area contributed by atoms with Crippen molar-refractivity contribution in [1.29, 1.82) is 0 Å². The second-order valence-corrected chi connectivity index (χ2v) is 10.5. The van der Waals surface area contributed by atoms with Gasteiger partial charge in [-0.15, -0.1) is 5.10 Å². The Morgan fingerprint density at radius 1 is 1.05 bits per heavy atom. The van der Waals surface area contributed by atoms with Gasteiger partial charge in [0.2, 0.25) is 5.95 Å². The first-order valence-corrected chi connectivity index (χ1v) is 12.7. The molecule has 1 aliphatic heterocycles. The summed E-state index contributed by atoms with van der Waals surface area (Å²) in [6.45, 7) is 4.87. The Morgan fingerprint density at radius 3 is 2.41 bits per heavy atom. The molecule has 1 spiro atoms. The SMILES string of the molecule is CC(C)n1nc(F)c2c(N3C[C@H](N)C4(CC4)C3)c(NC(=O)c3ccc(=O)n(-c4c(F)cccc4F)n3)ccc21. The largest absolute Gasteiger partial charge is 0.367 e.